The maximum Gasteiger partial charge on any atom is 0.147 e. The van der Waals surface area contributed by atoms with Crippen LogP contribution >= 0.6 is 0 Å². The van der Waals surface area contributed by atoms with Crippen molar-refractivity contribution in [2.45, 2.75) is 0 Å². The van der Waals surface area contributed by atoms with Crippen molar-refractivity contribution in [3.8, 4) is 55.8 Å². The molecule has 0 saturated heterocycles. The third-order valence-corrected chi connectivity index (χ3v) is 10.9. The lowest BCUT2D eigenvalue weighted by Gasteiger charge is -2.19. The second-order valence-electron chi connectivity index (χ2n) is 13.9. The Morgan fingerprint density at radius 2 is 0.796 bits per heavy atom. The maximum absolute atomic E-state index is 6.82. The molecule has 0 atom stereocenters. The number of fused-ring (bicyclic) bond motifs is 7. The van der Waals surface area contributed by atoms with Crippen molar-refractivity contribution in [1.29, 1.82) is 0 Å². The molecule has 0 bridgehead atoms. The van der Waals surface area contributed by atoms with E-state index in [1.165, 1.54) is 49.4 Å². The van der Waals surface area contributed by atoms with Crippen LogP contribution in [0, 0.1) is 0 Å². The Kier molecular flexibility index (Phi) is 6.90. The Balaban J connectivity index is 1.17. The molecular weight excluding hydrogens is 657 g/mol. The summed E-state index contributed by atoms with van der Waals surface area (Å²) in [5.41, 5.74) is 13.0. The zero-order valence-corrected chi connectivity index (χ0v) is 29.3. The minimum atomic E-state index is 0.808. The second-order valence-corrected chi connectivity index (χ2v) is 13.9. The Hall–Kier alpha value is -7.16. The van der Waals surface area contributed by atoms with Crippen molar-refractivity contribution in [3.05, 3.63) is 194 Å². The van der Waals surface area contributed by atoms with Crippen LogP contribution in [0.4, 0.5) is 0 Å². The summed E-state index contributed by atoms with van der Waals surface area (Å²) in [5.74, 6) is 0.845. The Morgan fingerprint density at radius 3 is 1.44 bits per heavy atom. The van der Waals surface area contributed by atoms with Gasteiger partial charge in [-0.1, -0.05) is 170 Å². The summed E-state index contributed by atoms with van der Waals surface area (Å²) in [4.78, 5) is 0. The van der Waals surface area contributed by atoms with E-state index in [0.717, 1.165) is 60.9 Å². The van der Waals surface area contributed by atoms with E-state index in [0.29, 0.717) is 0 Å². The number of benzene rings is 9. The monoisotopic (exact) mass is 688 g/mol. The van der Waals surface area contributed by atoms with Crippen LogP contribution in [0.25, 0.3) is 110 Å². The first kappa shape index (κ1) is 30.5. The quantitative estimate of drug-likeness (QED) is 0.168. The molecule has 0 radical (unpaired) electrons. The Morgan fingerprint density at radius 1 is 0.278 bits per heavy atom. The minimum Gasteiger partial charge on any atom is -0.455 e. The summed E-state index contributed by atoms with van der Waals surface area (Å²) in [5, 5.41) is 8.04. The fraction of sp³-hybridized carbons (Fsp3) is 0. The van der Waals surface area contributed by atoms with Crippen LogP contribution in [0.2, 0.25) is 0 Å². The molecular formula is C52H32O2. The predicted molar refractivity (Wildman–Crippen MR) is 226 cm³/mol. The van der Waals surface area contributed by atoms with Crippen LogP contribution in [0.5, 0.6) is 0 Å². The van der Waals surface area contributed by atoms with Gasteiger partial charge in [-0.3, -0.25) is 0 Å². The van der Waals surface area contributed by atoms with E-state index < -0.39 is 0 Å². The first-order chi connectivity index (χ1) is 26.8. The van der Waals surface area contributed by atoms with Gasteiger partial charge in [0.05, 0.1) is 5.39 Å². The zero-order chi connectivity index (χ0) is 35.6. The fourth-order valence-electron chi connectivity index (χ4n) is 8.55. The molecule has 0 unspecified atom stereocenters. The van der Waals surface area contributed by atoms with Gasteiger partial charge in [0, 0.05) is 21.9 Å². The van der Waals surface area contributed by atoms with Crippen molar-refractivity contribution in [3.63, 3.8) is 0 Å². The van der Waals surface area contributed by atoms with Gasteiger partial charge in [-0.2, -0.15) is 0 Å². The molecule has 9 aromatic carbocycles. The highest BCUT2D eigenvalue weighted by Gasteiger charge is 2.24. The van der Waals surface area contributed by atoms with E-state index in [1.54, 1.807) is 0 Å². The van der Waals surface area contributed by atoms with E-state index in [2.05, 4.69) is 182 Å². The maximum atomic E-state index is 6.82. The van der Waals surface area contributed by atoms with Gasteiger partial charge >= 0.3 is 0 Å². The van der Waals surface area contributed by atoms with Crippen molar-refractivity contribution in [2.75, 3.05) is 0 Å². The summed E-state index contributed by atoms with van der Waals surface area (Å²) in [6, 6.07) is 69.0. The van der Waals surface area contributed by atoms with Gasteiger partial charge in [0.15, 0.2) is 0 Å². The average molecular weight is 689 g/mol. The summed E-state index contributed by atoms with van der Waals surface area (Å²) in [6.45, 7) is 0. The number of hydrogen-bond acceptors (Lipinski definition) is 2. The molecule has 0 aliphatic carbocycles. The molecule has 11 rings (SSSR count). The lowest BCUT2D eigenvalue weighted by atomic mass is 9.83. The molecule has 0 amide bonds. The normalized spacial score (nSPS) is 11.7. The van der Waals surface area contributed by atoms with Gasteiger partial charge in [-0.25, -0.2) is 0 Å². The number of hydrogen-bond donors (Lipinski definition) is 0. The molecule has 0 fully saturated rings. The minimum absolute atomic E-state index is 0.808. The lowest BCUT2D eigenvalue weighted by molar-refractivity contribution is 0.631. The molecule has 252 valence electrons. The van der Waals surface area contributed by atoms with E-state index >= 15 is 0 Å². The van der Waals surface area contributed by atoms with E-state index in [9.17, 15) is 0 Å². The van der Waals surface area contributed by atoms with Crippen LogP contribution in [-0.4, -0.2) is 0 Å². The third-order valence-electron chi connectivity index (χ3n) is 10.9. The van der Waals surface area contributed by atoms with Crippen LogP contribution in [0.1, 0.15) is 0 Å². The first-order valence-electron chi connectivity index (χ1n) is 18.4. The third kappa shape index (κ3) is 4.67. The average Bonchev–Trinajstić information content (AvgIpc) is 3.82. The molecule has 2 heterocycles. The summed E-state index contributed by atoms with van der Waals surface area (Å²) in [6.07, 6.45) is 0. The molecule has 2 aromatic heterocycles. The van der Waals surface area contributed by atoms with E-state index in [1.807, 2.05) is 12.1 Å². The van der Waals surface area contributed by atoms with Gasteiger partial charge in [0.1, 0.15) is 22.5 Å². The highest BCUT2D eigenvalue weighted by Crippen LogP contribution is 2.49. The van der Waals surface area contributed by atoms with Gasteiger partial charge < -0.3 is 8.83 Å². The van der Waals surface area contributed by atoms with E-state index in [4.69, 9.17) is 8.83 Å². The zero-order valence-electron chi connectivity index (χ0n) is 29.3. The Labute approximate surface area is 312 Å². The molecule has 2 heteroatoms. The van der Waals surface area contributed by atoms with Crippen LogP contribution in [0.15, 0.2) is 203 Å². The highest BCUT2D eigenvalue weighted by atomic mass is 16.3. The number of furan rings is 2. The second kappa shape index (κ2) is 12.2. The van der Waals surface area contributed by atoms with Gasteiger partial charge in [-0.15, -0.1) is 0 Å². The van der Waals surface area contributed by atoms with Gasteiger partial charge in [0.25, 0.3) is 0 Å². The predicted octanol–water partition coefficient (Wildman–Crippen LogP) is 15.0. The molecule has 0 spiro atoms. The SMILES string of the molecule is c1ccc(-c2ccccc2-c2c3ccccc3c(-c3ccc4oc5c(ccc6oc(-c7ccccc7)c(-c7ccccc7)c65)c4c3)c3ccccc23)cc1. The standard InChI is InChI=1S/C52H32O2/c1-4-16-33(17-5-1)37-22-10-11-23-38(37)49-41-26-14-12-24-39(41)47(40-25-13-15-27-42(40)49)36-28-30-45-44(32-36)43-29-31-46-50(52(43)53-45)48(34-18-6-2-7-19-34)51(54-46)35-20-8-3-9-21-35/h1-32H. The molecule has 0 saturated carbocycles. The molecule has 0 N–H and O–H groups in total. The topological polar surface area (TPSA) is 26.3 Å². The van der Waals surface area contributed by atoms with Crippen molar-refractivity contribution < 1.29 is 8.83 Å². The summed E-state index contributed by atoms with van der Waals surface area (Å²) < 4.78 is 13.5. The summed E-state index contributed by atoms with van der Waals surface area (Å²) in [7, 11) is 0. The molecule has 54 heavy (non-hydrogen) atoms. The lowest BCUT2D eigenvalue weighted by Crippen LogP contribution is -1.92. The fourth-order valence-corrected chi connectivity index (χ4v) is 8.55. The Bertz CT molecular complexity index is 3130. The molecule has 2 nitrogen and oxygen atoms in total. The van der Waals surface area contributed by atoms with Crippen molar-refractivity contribution in [2.24, 2.45) is 0 Å². The summed E-state index contributed by atoms with van der Waals surface area (Å²) >= 11 is 0. The van der Waals surface area contributed by atoms with Gasteiger partial charge in [0.2, 0.25) is 0 Å². The van der Waals surface area contributed by atoms with E-state index in [-0.39, 0.29) is 0 Å². The van der Waals surface area contributed by atoms with Crippen LogP contribution in [0.3, 0.4) is 0 Å². The van der Waals surface area contributed by atoms with Gasteiger partial charge in [-0.05, 0) is 84.8 Å². The van der Waals surface area contributed by atoms with Crippen LogP contribution in [-0.2, 0) is 0 Å². The first-order valence-corrected chi connectivity index (χ1v) is 18.4. The number of rotatable bonds is 5. The molecule has 0 aliphatic rings. The van der Waals surface area contributed by atoms with Crippen LogP contribution < -0.4 is 0 Å². The van der Waals surface area contributed by atoms with Crippen molar-refractivity contribution in [1.82, 2.24) is 0 Å². The largest absolute Gasteiger partial charge is 0.455 e. The molecule has 11 aromatic rings. The molecule has 0 aliphatic heterocycles. The smallest absolute Gasteiger partial charge is 0.147 e. The van der Waals surface area contributed by atoms with Crippen molar-refractivity contribution >= 4 is 54.5 Å². The highest BCUT2D eigenvalue weighted by molar-refractivity contribution is 6.24.